The van der Waals surface area contributed by atoms with E-state index in [-0.39, 0.29) is 32.3 Å². The number of methoxy groups -OCH3 is 1. The van der Waals surface area contributed by atoms with Gasteiger partial charge in [0.15, 0.2) is 12.8 Å². The Kier molecular flexibility index (Phi) is 19.7. The van der Waals surface area contributed by atoms with Gasteiger partial charge in [-0.25, -0.2) is 19.2 Å². The van der Waals surface area contributed by atoms with E-state index in [1.54, 1.807) is 45.0 Å². The number of benzene rings is 2. The lowest BCUT2D eigenvalue weighted by Crippen LogP contribution is -2.57. The molecule has 4 amide bonds. The normalized spacial score (nSPS) is 16.0. The first-order valence-electron chi connectivity index (χ1n) is 21.2. The van der Waals surface area contributed by atoms with Crippen molar-refractivity contribution >= 4 is 44.0 Å². The lowest BCUT2D eigenvalue weighted by atomic mass is 10.0. The summed E-state index contributed by atoms with van der Waals surface area (Å²) >= 11 is 0. The summed E-state index contributed by atoms with van der Waals surface area (Å²) in [7, 11) is 1.56. The second-order valence-corrected chi connectivity index (χ2v) is 23.8. The van der Waals surface area contributed by atoms with E-state index < -0.39 is 79.9 Å². The number of ether oxygens (including phenoxy) is 6. The van der Waals surface area contributed by atoms with E-state index in [9.17, 15) is 28.8 Å². The van der Waals surface area contributed by atoms with Crippen LogP contribution in [0.2, 0.25) is 25.7 Å². The largest absolute Gasteiger partial charge is 0.497 e. The fourth-order valence-corrected chi connectivity index (χ4v) is 7.35. The monoisotopic (exact) mass is 884 g/mol. The van der Waals surface area contributed by atoms with Gasteiger partial charge in [-0.15, -0.1) is 0 Å². The van der Waals surface area contributed by atoms with Crippen LogP contribution in [-0.2, 0) is 55.9 Å². The molecule has 0 spiro atoms. The number of carbonyl (C=O) groups is 6. The summed E-state index contributed by atoms with van der Waals surface area (Å²) in [4.78, 5) is 85.0. The zero-order chi connectivity index (χ0) is 46.2. The first-order chi connectivity index (χ1) is 29.1. The number of carbonyl (C=O) groups excluding carboxylic acids is 6. The number of esters is 2. The van der Waals surface area contributed by atoms with E-state index >= 15 is 0 Å². The van der Waals surface area contributed by atoms with Crippen molar-refractivity contribution < 1.29 is 57.2 Å². The molecule has 62 heavy (non-hydrogen) atoms. The number of amides is 4. The number of hydrogen-bond donors (Lipinski definition) is 2. The summed E-state index contributed by atoms with van der Waals surface area (Å²) in [6.45, 7) is 17.1. The van der Waals surface area contributed by atoms with E-state index in [0.29, 0.717) is 37.2 Å². The highest BCUT2D eigenvalue weighted by Crippen LogP contribution is 2.25. The summed E-state index contributed by atoms with van der Waals surface area (Å²) in [6.07, 6.45) is -1.90. The molecule has 3 rings (SSSR count). The van der Waals surface area contributed by atoms with Crippen molar-refractivity contribution in [1.82, 2.24) is 20.4 Å². The van der Waals surface area contributed by atoms with Crippen LogP contribution in [0.25, 0.3) is 0 Å². The van der Waals surface area contributed by atoms with Gasteiger partial charge in [-0.2, -0.15) is 0 Å². The third kappa shape index (κ3) is 17.3. The van der Waals surface area contributed by atoms with E-state index in [4.69, 9.17) is 28.4 Å². The van der Waals surface area contributed by atoms with Gasteiger partial charge in [0, 0.05) is 34.7 Å². The molecule has 2 aromatic rings. The smallest absolute Gasteiger partial charge is 0.408 e. The summed E-state index contributed by atoms with van der Waals surface area (Å²) in [6, 6.07) is 12.2. The fourth-order valence-electron chi connectivity index (χ4n) is 6.60. The molecular weight excluding hydrogens is 817 g/mol. The highest BCUT2D eigenvalue weighted by atomic mass is 28.3. The Morgan fingerprint density at radius 3 is 2.13 bits per heavy atom. The quantitative estimate of drug-likeness (QED) is 0.0485. The zero-order valence-corrected chi connectivity index (χ0v) is 39.3. The maximum atomic E-state index is 14.5. The van der Waals surface area contributed by atoms with Gasteiger partial charge < -0.3 is 48.9 Å². The third-order valence-electron chi connectivity index (χ3n) is 9.98. The topological polar surface area (TPSA) is 188 Å². The van der Waals surface area contributed by atoms with Crippen LogP contribution in [0.15, 0.2) is 54.6 Å². The molecule has 1 fully saturated rings. The third-order valence-corrected chi connectivity index (χ3v) is 11.7. The average molecular weight is 885 g/mol. The molecule has 0 aromatic heterocycles. The maximum absolute atomic E-state index is 14.5. The van der Waals surface area contributed by atoms with Crippen molar-refractivity contribution in [3.8, 4) is 5.75 Å². The first-order valence-corrected chi connectivity index (χ1v) is 24.9. The predicted molar refractivity (Wildman–Crippen MR) is 235 cm³/mol. The highest BCUT2D eigenvalue weighted by Gasteiger charge is 2.43. The molecular formula is C45H68N4O12Si. The number of nitrogens with zero attached hydrogens (tertiary/aromatic N) is 2. The van der Waals surface area contributed by atoms with Crippen LogP contribution in [0.1, 0.15) is 71.9 Å². The van der Waals surface area contributed by atoms with Gasteiger partial charge in [0.1, 0.15) is 42.2 Å². The summed E-state index contributed by atoms with van der Waals surface area (Å²) in [5.41, 5.74) is 0.539. The Morgan fingerprint density at radius 1 is 0.871 bits per heavy atom. The van der Waals surface area contributed by atoms with E-state index in [1.807, 2.05) is 44.2 Å². The van der Waals surface area contributed by atoms with Gasteiger partial charge in [-0.3, -0.25) is 9.59 Å². The average Bonchev–Trinajstić information content (AvgIpc) is 3.69. The lowest BCUT2D eigenvalue weighted by Gasteiger charge is -2.34. The highest BCUT2D eigenvalue weighted by molar-refractivity contribution is 6.76. The van der Waals surface area contributed by atoms with Gasteiger partial charge >= 0.3 is 24.1 Å². The Labute approximate surface area is 367 Å². The molecule has 17 heteroatoms. The minimum absolute atomic E-state index is 0.0110. The minimum atomic E-state index is -1.51. The molecule has 344 valence electrons. The fraction of sp³-hybridized carbons (Fsp3) is 0.600. The number of likely N-dealkylation sites (tertiary alicyclic amines) is 1. The number of rotatable bonds is 21. The Balaban J connectivity index is 1.86. The molecule has 1 saturated heterocycles. The van der Waals surface area contributed by atoms with Crippen molar-refractivity contribution in [2.75, 3.05) is 34.1 Å². The van der Waals surface area contributed by atoms with Crippen LogP contribution in [0.4, 0.5) is 9.59 Å². The standard InChI is InChI=1S/C45H68N4O12Si/c1-30(2)26-35(46-43(54)58-28-33-16-13-12-14-17-33)39(50)49-23-15-18-36(49)40(51)48(7)37(27-32-19-21-34(56-8)22-20-32)41(52)60-31(3)38(47-44(55)61-45(4,5)6)42(53)59-29-57-24-25-62(9,10)11/h12-14,16-17,19-22,30-31,35-38H,15,18,23-29H2,1-11H3,(H,46,54)(H,47,55)/t31-,35+,36+,37+,38+/m1/s1. The van der Waals surface area contributed by atoms with Gasteiger partial charge in [-0.1, -0.05) is 76.0 Å². The zero-order valence-electron chi connectivity index (χ0n) is 38.3. The molecule has 0 saturated carbocycles. The number of nitrogens with one attached hydrogen (secondary N) is 2. The van der Waals surface area contributed by atoms with Gasteiger partial charge in [0.25, 0.3) is 0 Å². The van der Waals surface area contributed by atoms with Crippen molar-refractivity contribution in [2.45, 2.75) is 135 Å². The number of alkyl carbamates (subject to hydrolysis) is 2. The van der Waals surface area contributed by atoms with Crippen LogP contribution in [0.3, 0.4) is 0 Å². The molecule has 0 radical (unpaired) electrons. The van der Waals surface area contributed by atoms with Gasteiger partial charge in [0.05, 0.1) is 7.11 Å². The van der Waals surface area contributed by atoms with Gasteiger partial charge in [0.2, 0.25) is 11.8 Å². The van der Waals surface area contributed by atoms with Crippen molar-refractivity contribution in [1.29, 1.82) is 0 Å². The van der Waals surface area contributed by atoms with Crippen LogP contribution in [0, 0.1) is 5.92 Å². The van der Waals surface area contributed by atoms with Crippen LogP contribution >= 0.6 is 0 Å². The summed E-state index contributed by atoms with van der Waals surface area (Å²) < 4.78 is 32.9. The predicted octanol–water partition coefficient (Wildman–Crippen LogP) is 6.08. The summed E-state index contributed by atoms with van der Waals surface area (Å²) in [5, 5.41) is 5.19. The molecule has 0 bridgehead atoms. The molecule has 1 heterocycles. The second kappa shape index (κ2) is 23.9. The maximum Gasteiger partial charge on any atom is 0.408 e. The molecule has 1 aliphatic heterocycles. The van der Waals surface area contributed by atoms with Crippen molar-refractivity contribution in [3.05, 3.63) is 65.7 Å². The number of hydrogen-bond acceptors (Lipinski definition) is 12. The van der Waals surface area contributed by atoms with Crippen molar-refractivity contribution in [2.24, 2.45) is 5.92 Å². The molecule has 0 unspecified atom stereocenters. The molecule has 2 N–H and O–H groups in total. The Hall–Kier alpha value is -5.16. The summed E-state index contributed by atoms with van der Waals surface area (Å²) in [5.74, 6) is -2.17. The van der Waals surface area contributed by atoms with Crippen LogP contribution in [0.5, 0.6) is 5.75 Å². The Morgan fingerprint density at radius 2 is 1.53 bits per heavy atom. The molecule has 16 nitrogen and oxygen atoms in total. The van der Waals surface area contributed by atoms with Crippen LogP contribution < -0.4 is 15.4 Å². The molecule has 2 aromatic carbocycles. The van der Waals surface area contributed by atoms with E-state index in [0.717, 1.165) is 11.6 Å². The lowest BCUT2D eigenvalue weighted by molar-refractivity contribution is -0.169. The second-order valence-electron chi connectivity index (χ2n) is 18.2. The van der Waals surface area contributed by atoms with Crippen molar-refractivity contribution in [3.63, 3.8) is 0 Å². The van der Waals surface area contributed by atoms with Gasteiger partial charge in [-0.05, 0) is 82.2 Å². The van der Waals surface area contributed by atoms with E-state index in [2.05, 4.69) is 30.3 Å². The SMILES string of the molecule is COc1ccc(C[C@@H](C(=O)O[C@H](C)[C@H](NC(=O)OC(C)(C)C)C(=O)OCOCC[Si](C)(C)C)N(C)C(=O)[C@@H]2CCCN2C(=O)[C@H](CC(C)C)NC(=O)OCc2ccccc2)cc1. The first kappa shape index (κ1) is 51.2. The Bertz CT molecular complexity index is 1780. The number of likely N-dealkylation sites (N-methyl/N-ethyl adjacent to an activating group) is 1. The molecule has 0 aliphatic carbocycles. The molecule has 1 aliphatic rings. The minimum Gasteiger partial charge on any atom is -0.497 e. The molecule has 5 atom stereocenters. The van der Waals surface area contributed by atoms with E-state index in [1.165, 1.54) is 30.9 Å². The van der Waals surface area contributed by atoms with Crippen LogP contribution in [-0.4, -0.2) is 124 Å².